The fourth-order valence-electron chi connectivity index (χ4n) is 3.21. The fourth-order valence-corrected chi connectivity index (χ4v) is 3.21. The van der Waals surface area contributed by atoms with Gasteiger partial charge in [0.05, 0.1) is 11.1 Å². The van der Waals surface area contributed by atoms with Crippen LogP contribution in [0.4, 0.5) is 26.3 Å². The van der Waals surface area contributed by atoms with Gasteiger partial charge < -0.3 is 11.5 Å². The molecule has 0 atom stereocenters. The second-order valence-electron chi connectivity index (χ2n) is 6.39. The number of hydrogen-bond donors (Lipinski definition) is 2. The average Bonchev–Trinajstić information content (AvgIpc) is 2.47. The zero-order chi connectivity index (χ0) is 19.0. The molecule has 4 N–H and O–H groups in total. The molecule has 0 radical (unpaired) electrons. The maximum Gasteiger partial charge on any atom is 0.416 e. The van der Waals surface area contributed by atoms with Crippen molar-refractivity contribution in [1.29, 1.82) is 0 Å². The van der Waals surface area contributed by atoms with Gasteiger partial charge in [-0.25, -0.2) is 0 Å². The average molecular weight is 368 g/mol. The summed E-state index contributed by atoms with van der Waals surface area (Å²) in [7, 11) is 0. The Morgan fingerprint density at radius 2 is 1.56 bits per heavy atom. The molecule has 0 aromatic heterocycles. The first-order valence-electron chi connectivity index (χ1n) is 7.76. The van der Waals surface area contributed by atoms with Gasteiger partial charge >= 0.3 is 12.4 Å². The number of benzene rings is 1. The van der Waals surface area contributed by atoms with Gasteiger partial charge in [0.1, 0.15) is 0 Å². The Labute approximate surface area is 140 Å². The molecule has 2 rings (SSSR count). The summed E-state index contributed by atoms with van der Waals surface area (Å²) in [6.07, 6.45) is -7.84. The highest BCUT2D eigenvalue weighted by Crippen LogP contribution is 2.40. The van der Waals surface area contributed by atoms with Crippen LogP contribution in [0.3, 0.4) is 0 Å². The van der Waals surface area contributed by atoms with Crippen molar-refractivity contribution in [3.63, 3.8) is 0 Å². The van der Waals surface area contributed by atoms with Crippen molar-refractivity contribution in [3.8, 4) is 0 Å². The first-order valence-corrected chi connectivity index (χ1v) is 7.76. The Kier molecular flexibility index (Phi) is 5.36. The van der Waals surface area contributed by atoms with Crippen molar-refractivity contribution in [1.82, 2.24) is 0 Å². The summed E-state index contributed by atoms with van der Waals surface area (Å²) in [6.45, 7) is 0. The second-order valence-corrected chi connectivity index (χ2v) is 6.39. The number of hydrogen-bond acceptors (Lipinski definition) is 2. The molecule has 140 valence electrons. The quantitative estimate of drug-likeness (QED) is 0.795. The van der Waals surface area contributed by atoms with Crippen molar-refractivity contribution < 1.29 is 31.1 Å². The fraction of sp³-hybridized carbons (Fsp3) is 0.562. The minimum atomic E-state index is -5.02. The van der Waals surface area contributed by atoms with Gasteiger partial charge in [0.2, 0.25) is 5.91 Å². The highest BCUT2D eigenvalue weighted by Gasteiger charge is 2.40. The number of primary amides is 1. The molecule has 25 heavy (non-hydrogen) atoms. The lowest BCUT2D eigenvalue weighted by Gasteiger charge is -2.28. The standard InChI is InChI=1S/C16H18F6N2O/c17-15(18,19)9-6-12(14(24)25)11(13(7-9)16(20,21)22)5-8-1-3-10(23)4-2-8/h6-8,10H,1-5,23H2,(H2,24,25). The van der Waals surface area contributed by atoms with Crippen LogP contribution >= 0.6 is 0 Å². The maximum absolute atomic E-state index is 13.3. The zero-order valence-corrected chi connectivity index (χ0v) is 13.2. The topological polar surface area (TPSA) is 69.1 Å². The summed E-state index contributed by atoms with van der Waals surface area (Å²) in [4.78, 5) is 11.5. The number of halogens is 6. The summed E-state index contributed by atoms with van der Waals surface area (Å²) >= 11 is 0. The maximum atomic E-state index is 13.3. The van der Waals surface area contributed by atoms with Crippen LogP contribution in [0.15, 0.2) is 12.1 Å². The minimum Gasteiger partial charge on any atom is -0.366 e. The smallest absolute Gasteiger partial charge is 0.366 e. The molecule has 0 bridgehead atoms. The van der Waals surface area contributed by atoms with Crippen molar-refractivity contribution in [2.24, 2.45) is 17.4 Å². The Morgan fingerprint density at radius 1 is 1.00 bits per heavy atom. The Morgan fingerprint density at radius 3 is 2.00 bits per heavy atom. The molecule has 1 saturated carbocycles. The van der Waals surface area contributed by atoms with E-state index in [1.165, 1.54) is 0 Å². The van der Waals surface area contributed by atoms with E-state index in [1.54, 1.807) is 0 Å². The van der Waals surface area contributed by atoms with Crippen molar-refractivity contribution in [3.05, 3.63) is 34.4 Å². The van der Waals surface area contributed by atoms with E-state index >= 15 is 0 Å². The molecule has 1 amide bonds. The molecule has 3 nitrogen and oxygen atoms in total. The van der Waals surface area contributed by atoms with Gasteiger partial charge in [0.25, 0.3) is 0 Å². The van der Waals surface area contributed by atoms with Gasteiger partial charge in [0, 0.05) is 11.6 Å². The summed E-state index contributed by atoms with van der Waals surface area (Å²) in [5.74, 6) is -1.49. The summed E-state index contributed by atoms with van der Waals surface area (Å²) in [5, 5.41) is 0. The van der Waals surface area contributed by atoms with Gasteiger partial charge in [-0.15, -0.1) is 0 Å². The van der Waals surface area contributed by atoms with Crippen LogP contribution in [0.1, 0.15) is 52.7 Å². The first-order chi connectivity index (χ1) is 11.4. The third-order valence-corrected chi connectivity index (χ3v) is 4.53. The Balaban J connectivity index is 2.53. The molecular formula is C16H18F6N2O. The van der Waals surface area contributed by atoms with Gasteiger partial charge in [-0.05, 0) is 55.7 Å². The molecule has 1 aromatic rings. The molecule has 9 heteroatoms. The van der Waals surface area contributed by atoms with E-state index < -0.39 is 40.5 Å². The van der Waals surface area contributed by atoms with Gasteiger partial charge in [-0.2, -0.15) is 26.3 Å². The number of alkyl halides is 6. The van der Waals surface area contributed by atoms with Crippen molar-refractivity contribution in [2.45, 2.75) is 50.5 Å². The predicted octanol–water partition coefficient (Wildman–Crippen LogP) is 3.88. The van der Waals surface area contributed by atoms with Gasteiger partial charge in [-0.1, -0.05) is 0 Å². The van der Waals surface area contributed by atoms with E-state index in [0.717, 1.165) is 0 Å². The second kappa shape index (κ2) is 6.86. The third-order valence-electron chi connectivity index (χ3n) is 4.53. The molecule has 0 saturated heterocycles. The molecular weight excluding hydrogens is 350 g/mol. The van der Waals surface area contributed by atoms with Crippen molar-refractivity contribution >= 4 is 5.91 Å². The van der Waals surface area contributed by atoms with Crippen LogP contribution in [0.2, 0.25) is 0 Å². The molecule has 0 aliphatic heterocycles. The normalized spacial score (nSPS) is 22.0. The minimum absolute atomic E-state index is 0.0263. The molecule has 0 heterocycles. The highest BCUT2D eigenvalue weighted by atomic mass is 19.4. The summed E-state index contributed by atoms with van der Waals surface area (Å²) < 4.78 is 78.7. The van der Waals surface area contributed by atoms with Crippen LogP contribution in [0.25, 0.3) is 0 Å². The van der Waals surface area contributed by atoms with Crippen LogP contribution in [-0.2, 0) is 18.8 Å². The van der Waals surface area contributed by atoms with E-state index in [9.17, 15) is 31.1 Å². The first kappa shape index (κ1) is 19.6. The molecule has 0 spiro atoms. The lowest BCUT2D eigenvalue weighted by molar-refractivity contribution is -0.143. The summed E-state index contributed by atoms with van der Waals surface area (Å²) in [5.41, 5.74) is 6.65. The largest absolute Gasteiger partial charge is 0.416 e. The number of nitrogens with two attached hydrogens (primary N) is 2. The van der Waals surface area contributed by atoms with E-state index in [0.29, 0.717) is 31.7 Å². The molecule has 0 unspecified atom stereocenters. The van der Waals surface area contributed by atoms with Gasteiger partial charge in [-0.3, -0.25) is 4.79 Å². The van der Waals surface area contributed by atoms with Crippen molar-refractivity contribution in [2.75, 3.05) is 0 Å². The third kappa shape index (κ3) is 4.65. The Hall–Kier alpha value is -1.77. The van der Waals surface area contributed by atoms with Crippen LogP contribution in [0, 0.1) is 5.92 Å². The molecule has 1 aliphatic rings. The Bertz CT molecular complexity index is 645. The van der Waals surface area contributed by atoms with E-state index in [2.05, 4.69) is 0 Å². The van der Waals surface area contributed by atoms with E-state index in [-0.39, 0.29) is 24.4 Å². The summed E-state index contributed by atoms with van der Waals surface area (Å²) in [6, 6.07) is 0.430. The predicted molar refractivity (Wildman–Crippen MR) is 78.6 cm³/mol. The monoisotopic (exact) mass is 368 g/mol. The number of amides is 1. The van der Waals surface area contributed by atoms with E-state index in [1.807, 2.05) is 0 Å². The molecule has 1 aromatic carbocycles. The SMILES string of the molecule is NC(=O)c1cc(C(F)(F)F)cc(C(F)(F)F)c1CC1CCC(N)CC1. The molecule has 1 aliphatic carbocycles. The lowest BCUT2D eigenvalue weighted by Crippen LogP contribution is -2.28. The lowest BCUT2D eigenvalue weighted by atomic mass is 9.80. The van der Waals surface area contributed by atoms with Crippen LogP contribution in [0.5, 0.6) is 0 Å². The zero-order valence-electron chi connectivity index (χ0n) is 13.2. The van der Waals surface area contributed by atoms with Gasteiger partial charge in [0.15, 0.2) is 0 Å². The highest BCUT2D eigenvalue weighted by molar-refractivity contribution is 5.95. The van der Waals surface area contributed by atoms with Crippen LogP contribution in [-0.4, -0.2) is 11.9 Å². The number of rotatable bonds is 3. The van der Waals surface area contributed by atoms with E-state index in [4.69, 9.17) is 11.5 Å². The van der Waals surface area contributed by atoms with Crippen LogP contribution < -0.4 is 11.5 Å². The molecule has 1 fully saturated rings. The number of carbonyl (C=O) groups excluding carboxylic acids is 1. The number of carbonyl (C=O) groups is 1.